The van der Waals surface area contributed by atoms with Crippen LogP contribution in [0.2, 0.25) is 0 Å². The van der Waals surface area contributed by atoms with E-state index in [9.17, 15) is 9.59 Å². The first-order valence-corrected chi connectivity index (χ1v) is 6.10. The first-order valence-electron chi connectivity index (χ1n) is 6.10. The Kier molecular flexibility index (Phi) is 4.01. The molecule has 2 N–H and O–H groups in total. The zero-order chi connectivity index (χ0) is 13.8. The van der Waals surface area contributed by atoms with Gasteiger partial charge < -0.3 is 5.11 Å². The number of carboxylic acid groups (broad SMARTS) is 1. The predicted octanol–water partition coefficient (Wildman–Crippen LogP) is 1.55. The molecule has 19 heavy (non-hydrogen) atoms. The molecule has 6 heteroatoms. The summed E-state index contributed by atoms with van der Waals surface area (Å²) >= 11 is 0. The Morgan fingerprint density at radius 3 is 2.95 bits per heavy atom. The Hall–Kier alpha value is -2.08. The third-order valence-electron chi connectivity index (χ3n) is 3.10. The van der Waals surface area contributed by atoms with Crippen molar-refractivity contribution >= 4 is 17.7 Å². The van der Waals surface area contributed by atoms with Crippen LogP contribution in [0.15, 0.2) is 24.3 Å². The van der Waals surface area contributed by atoms with Crippen LogP contribution in [0.5, 0.6) is 0 Å². The Bertz CT molecular complexity index is 489. The van der Waals surface area contributed by atoms with E-state index in [1.807, 2.05) is 31.2 Å². The van der Waals surface area contributed by atoms with Crippen LogP contribution in [0.25, 0.3) is 0 Å². The Labute approximate surface area is 110 Å². The van der Waals surface area contributed by atoms with Crippen molar-refractivity contribution < 1.29 is 19.5 Å². The lowest BCUT2D eigenvalue weighted by Gasteiger charge is -2.34. The molecule has 1 unspecified atom stereocenters. The zero-order valence-corrected chi connectivity index (χ0v) is 10.6. The third-order valence-corrected chi connectivity index (χ3v) is 3.10. The van der Waals surface area contributed by atoms with E-state index in [4.69, 9.17) is 5.11 Å². The van der Waals surface area contributed by atoms with E-state index in [0.717, 1.165) is 24.1 Å². The van der Waals surface area contributed by atoms with Gasteiger partial charge >= 0.3 is 12.0 Å². The highest BCUT2D eigenvalue weighted by Gasteiger charge is 2.28. The Balaban J connectivity index is 2.10. The normalized spacial score (nSPS) is 17.7. The molecule has 1 aromatic rings. The number of carbonyl (C=O) groups is 2. The fraction of sp³-hybridized carbons (Fsp3) is 0.385. The average molecular weight is 264 g/mol. The maximum atomic E-state index is 12.0. The van der Waals surface area contributed by atoms with Crippen LogP contribution in [0, 0.1) is 0 Å². The molecule has 102 valence electrons. The molecule has 6 nitrogen and oxygen atoms in total. The monoisotopic (exact) mass is 264 g/mol. The number of anilines is 1. The molecule has 1 atom stereocenters. The van der Waals surface area contributed by atoms with Gasteiger partial charge in [-0.1, -0.05) is 18.2 Å². The molecule has 2 rings (SSSR count). The molecule has 1 aliphatic heterocycles. The van der Waals surface area contributed by atoms with E-state index in [1.54, 1.807) is 4.90 Å². The van der Waals surface area contributed by atoms with Gasteiger partial charge in [0.05, 0.1) is 0 Å². The number of hydrogen-bond acceptors (Lipinski definition) is 3. The minimum atomic E-state index is -1.13. The molecule has 1 aliphatic rings. The highest BCUT2D eigenvalue weighted by Crippen LogP contribution is 2.30. The lowest BCUT2D eigenvalue weighted by Crippen LogP contribution is -2.47. The van der Waals surface area contributed by atoms with Crippen molar-refractivity contribution in [3.05, 3.63) is 29.8 Å². The molecule has 0 bridgehead atoms. The predicted molar refractivity (Wildman–Crippen MR) is 68.8 cm³/mol. The van der Waals surface area contributed by atoms with Gasteiger partial charge in [-0.2, -0.15) is 0 Å². The van der Waals surface area contributed by atoms with Gasteiger partial charge in [-0.05, 0) is 31.4 Å². The summed E-state index contributed by atoms with van der Waals surface area (Å²) in [6, 6.07) is 7.27. The van der Waals surface area contributed by atoms with Crippen LogP contribution >= 0.6 is 0 Å². The number of amides is 2. The fourth-order valence-corrected chi connectivity index (χ4v) is 2.21. The van der Waals surface area contributed by atoms with Crippen molar-refractivity contribution in [3.63, 3.8) is 0 Å². The summed E-state index contributed by atoms with van der Waals surface area (Å²) in [6.07, 6.45) is 1.79. The second-order valence-electron chi connectivity index (χ2n) is 4.48. The van der Waals surface area contributed by atoms with Crippen LogP contribution in [0.3, 0.4) is 0 Å². The summed E-state index contributed by atoms with van der Waals surface area (Å²) in [7, 11) is 0. The van der Waals surface area contributed by atoms with Gasteiger partial charge in [0.15, 0.2) is 6.61 Å². The smallest absolute Gasteiger partial charge is 0.346 e. The summed E-state index contributed by atoms with van der Waals surface area (Å²) in [4.78, 5) is 28.6. The number of urea groups is 1. The number of aliphatic carboxylic acids is 1. The molecule has 0 fully saturated rings. The first-order chi connectivity index (χ1) is 9.09. The number of para-hydroxylation sites is 1. The molecule has 0 aliphatic carbocycles. The largest absolute Gasteiger partial charge is 0.479 e. The van der Waals surface area contributed by atoms with Gasteiger partial charge in [-0.25, -0.2) is 15.1 Å². The standard InChI is InChI=1S/C13H16N2O4/c1-9-6-7-10-4-2-3-5-11(10)15(9)13(18)14-19-8-12(16)17/h2-5,9H,6-8H2,1H3,(H,14,18)(H,16,17). The Morgan fingerprint density at radius 1 is 1.47 bits per heavy atom. The number of nitrogens with one attached hydrogen (secondary N) is 1. The maximum absolute atomic E-state index is 12.0. The molecule has 1 aromatic carbocycles. The number of carbonyl (C=O) groups excluding carboxylic acids is 1. The quantitative estimate of drug-likeness (QED) is 0.812. The van der Waals surface area contributed by atoms with Gasteiger partial charge in [-0.3, -0.25) is 9.74 Å². The van der Waals surface area contributed by atoms with Gasteiger partial charge in [0.2, 0.25) is 0 Å². The number of benzene rings is 1. The maximum Gasteiger partial charge on any atom is 0.346 e. The van der Waals surface area contributed by atoms with E-state index in [0.29, 0.717) is 0 Å². The van der Waals surface area contributed by atoms with Crippen molar-refractivity contribution in [2.45, 2.75) is 25.8 Å². The van der Waals surface area contributed by atoms with E-state index in [-0.39, 0.29) is 6.04 Å². The van der Waals surface area contributed by atoms with Gasteiger partial charge in [0.1, 0.15) is 0 Å². The molecule has 0 spiro atoms. The van der Waals surface area contributed by atoms with Crippen molar-refractivity contribution in [2.24, 2.45) is 0 Å². The summed E-state index contributed by atoms with van der Waals surface area (Å²) in [5, 5.41) is 8.46. The topological polar surface area (TPSA) is 78.9 Å². The summed E-state index contributed by atoms with van der Waals surface area (Å²) in [6.45, 7) is 1.39. The van der Waals surface area contributed by atoms with Crippen LogP contribution < -0.4 is 10.4 Å². The molecular weight excluding hydrogens is 248 g/mol. The van der Waals surface area contributed by atoms with Gasteiger partial charge in [-0.15, -0.1) is 0 Å². The van der Waals surface area contributed by atoms with Crippen molar-refractivity contribution in [3.8, 4) is 0 Å². The van der Waals surface area contributed by atoms with Crippen LogP contribution in [0.1, 0.15) is 18.9 Å². The highest BCUT2D eigenvalue weighted by molar-refractivity contribution is 5.93. The molecule has 0 saturated heterocycles. The van der Waals surface area contributed by atoms with Gasteiger partial charge in [0, 0.05) is 11.7 Å². The number of hydroxylamine groups is 1. The number of aryl methyl sites for hydroxylation is 1. The summed E-state index contributed by atoms with van der Waals surface area (Å²) in [5.74, 6) is -1.13. The Morgan fingerprint density at radius 2 is 2.21 bits per heavy atom. The minimum absolute atomic E-state index is 0.0447. The van der Waals surface area contributed by atoms with E-state index < -0.39 is 18.6 Å². The first kappa shape index (κ1) is 13.4. The summed E-state index contributed by atoms with van der Waals surface area (Å²) < 4.78 is 0. The van der Waals surface area contributed by atoms with Crippen LogP contribution in [-0.4, -0.2) is 29.8 Å². The fourth-order valence-electron chi connectivity index (χ4n) is 2.21. The molecule has 2 amide bonds. The number of nitrogens with zero attached hydrogens (tertiary/aromatic N) is 1. The van der Waals surface area contributed by atoms with Crippen molar-refractivity contribution in [1.82, 2.24) is 5.48 Å². The van der Waals surface area contributed by atoms with Crippen LogP contribution in [-0.2, 0) is 16.1 Å². The number of carboxylic acids is 1. The van der Waals surface area contributed by atoms with E-state index >= 15 is 0 Å². The number of rotatable bonds is 3. The molecule has 1 heterocycles. The number of fused-ring (bicyclic) bond motifs is 1. The van der Waals surface area contributed by atoms with E-state index in [1.165, 1.54) is 0 Å². The number of hydrogen-bond donors (Lipinski definition) is 2. The lowest BCUT2D eigenvalue weighted by atomic mass is 9.97. The SMILES string of the molecule is CC1CCc2ccccc2N1C(=O)NOCC(=O)O. The van der Waals surface area contributed by atoms with Crippen molar-refractivity contribution in [2.75, 3.05) is 11.5 Å². The average Bonchev–Trinajstić information content (AvgIpc) is 2.38. The van der Waals surface area contributed by atoms with Crippen molar-refractivity contribution in [1.29, 1.82) is 0 Å². The van der Waals surface area contributed by atoms with Gasteiger partial charge in [0.25, 0.3) is 0 Å². The third kappa shape index (κ3) is 3.03. The molecule has 0 saturated carbocycles. The summed E-state index contributed by atoms with van der Waals surface area (Å²) in [5.41, 5.74) is 4.11. The molecule has 0 aromatic heterocycles. The zero-order valence-electron chi connectivity index (χ0n) is 10.6. The molecule has 0 radical (unpaired) electrons. The molecular formula is C13H16N2O4. The van der Waals surface area contributed by atoms with E-state index in [2.05, 4.69) is 10.3 Å². The second-order valence-corrected chi connectivity index (χ2v) is 4.48. The second kappa shape index (κ2) is 5.71. The van der Waals surface area contributed by atoms with Crippen LogP contribution in [0.4, 0.5) is 10.5 Å². The highest BCUT2D eigenvalue weighted by atomic mass is 16.7. The minimum Gasteiger partial charge on any atom is -0.479 e. The lowest BCUT2D eigenvalue weighted by molar-refractivity contribution is -0.143.